The lowest BCUT2D eigenvalue weighted by Crippen LogP contribution is -2.59. The van der Waals surface area contributed by atoms with Gasteiger partial charge in [0.25, 0.3) is 5.72 Å². The smallest absolute Gasteiger partial charge is 0.477 e. The van der Waals surface area contributed by atoms with Gasteiger partial charge >= 0.3 is 24.4 Å². The molecule has 0 amide bonds. The third kappa shape index (κ3) is 14.1. The van der Waals surface area contributed by atoms with Gasteiger partial charge in [-0.15, -0.1) is 0 Å². The van der Waals surface area contributed by atoms with Crippen molar-refractivity contribution in [2.45, 2.75) is 98.9 Å². The van der Waals surface area contributed by atoms with E-state index in [0.29, 0.717) is 18.8 Å². The first kappa shape index (κ1) is 35.5. The lowest BCUT2D eigenvalue weighted by Gasteiger charge is -2.33. The monoisotopic (exact) mass is 583 g/mol. The van der Waals surface area contributed by atoms with Gasteiger partial charge in [-0.3, -0.25) is 5.32 Å². The maximum Gasteiger partial charge on any atom is 0.513 e. The number of hydrogen-bond donors (Lipinski definition) is 2. The van der Waals surface area contributed by atoms with Gasteiger partial charge in [-0.2, -0.15) is 0 Å². The zero-order valence-electron chi connectivity index (χ0n) is 25.5. The van der Waals surface area contributed by atoms with Gasteiger partial charge < -0.3 is 33.5 Å². The van der Waals surface area contributed by atoms with Crippen molar-refractivity contribution in [2.75, 3.05) is 13.2 Å². The summed E-state index contributed by atoms with van der Waals surface area (Å²) in [6.45, 7) is 16.3. The van der Waals surface area contributed by atoms with Gasteiger partial charge in [0, 0.05) is 12.5 Å². The molecule has 0 aliphatic rings. The van der Waals surface area contributed by atoms with E-state index in [2.05, 4.69) is 5.32 Å². The Morgan fingerprint density at radius 1 is 0.780 bits per heavy atom. The molecule has 0 saturated carbocycles. The fourth-order valence-corrected chi connectivity index (χ4v) is 3.29. The van der Waals surface area contributed by atoms with Crippen LogP contribution in [-0.4, -0.2) is 60.1 Å². The summed E-state index contributed by atoms with van der Waals surface area (Å²) in [6.07, 6.45) is -2.43. The zero-order chi connectivity index (χ0) is 31.4. The second-order valence-electron chi connectivity index (χ2n) is 11.7. The number of ether oxygens (including phenoxy) is 6. The topological polar surface area (TPSA) is 156 Å². The first-order valence-corrected chi connectivity index (χ1v) is 13.7. The second-order valence-corrected chi connectivity index (χ2v) is 11.7. The van der Waals surface area contributed by atoms with Crippen LogP contribution in [0.5, 0.6) is 11.5 Å². The van der Waals surface area contributed by atoms with E-state index in [-0.39, 0.29) is 36.2 Å². The van der Waals surface area contributed by atoms with Crippen molar-refractivity contribution < 1.29 is 52.7 Å². The van der Waals surface area contributed by atoms with Gasteiger partial charge in [0.15, 0.2) is 11.5 Å². The highest BCUT2D eigenvalue weighted by molar-refractivity contribution is 5.80. The Bertz CT molecular complexity index is 1030. The molecule has 1 aromatic carbocycles. The normalized spacial score (nSPS) is 13.0. The summed E-state index contributed by atoms with van der Waals surface area (Å²) in [4.78, 5) is 49.6. The molecule has 2 N–H and O–H groups in total. The quantitative estimate of drug-likeness (QED) is 0.113. The molecule has 12 nitrogen and oxygen atoms in total. The number of rotatable bonds is 14. The highest BCUT2D eigenvalue weighted by Gasteiger charge is 2.45. The van der Waals surface area contributed by atoms with Gasteiger partial charge in [-0.05, 0) is 77.0 Å². The minimum Gasteiger partial charge on any atom is -0.477 e. The van der Waals surface area contributed by atoms with E-state index in [1.807, 2.05) is 27.7 Å². The molecule has 1 atom stereocenters. The lowest BCUT2D eigenvalue weighted by molar-refractivity contribution is -0.169. The maximum absolute atomic E-state index is 12.5. The summed E-state index contributed by atoms with van der Waals surface area (Å²) in [5, 5.41) is 12.9. The zero-order valence-corrected chi connectivity index (χ0v) is 25.5. The lowest BCUT2D eigenvalue weighted by atomic mass is 10.0. The molecule has 0 unspecified atom stereocenters. The van der Waals surface area contributed by atoms with Gasteiger partial charge in [-0.1, -0.05) is 33.8 Å². The number of carboxylic acid groups (broad SMARTS) is 1. The highest BCUT2D eigenvalue weighted by atomic mass is 16.8. The van der Waals surface area contributed by atoms with Gasteiger partial charge in [-0.25, -0.2) is 19.2 Å². The predicted molar refractivity (Wildman–Crippen MR) is 149 cm³/mol. The van der Waals surface area contributed by atoms with E-state index in [9.17, 15) is 24.3 Å². The predicted octanol–water partition coefficient (Wildman–Crippen LogP) is 6.08. The van der Waals surface area contributed by atoms with Crippen molar-refractivity contribution in [3.05, 3.63) is 23.8 Å². The first-order valence-electron chi connectivity index (χ1n) is 13.7. The van der Waals surface area contributed by atoms with Crippen molar-refractivity contribution in [2.24, 2.45) is 11.8 Å². The van der Waals surface area contributed by atoms with Crippen LogP contribution in [0.4, 0.5) is 14.4 Å². The Morgan fingerprint density at radius 3 is 1.73 bits per heavy atom. The number of benzene rings is 1. The minimum absolute atomic E-state index is 0.105. The summed E-state index contributed by atoms with van der Waals surface area (Å²) in [5.74, 6) is -1.28. The van der Waals surface area contributed by atoms with Crippen LogP contribution < -0.4 is 14.8 Å². The Kier molecular flexibility index (Phi) is 13.9. The molecule has 41 heavy (non-hydrogen) atoms. The van der Waals surface area contributed by atoms with E-state index in [4.69, 9.17) is 28.4 Å². The Hall–Kier alpha value is -3.54. The molecule has 0 radical (unpaired) electrons. The van der Waals surface area contributed by atoms with Crippen LogP contribution in [0.1, 0.15) is 80.7 Å². The van der Waals surface area contributed by atoms with E-state index in [1.54, 1.807) is 34.6 Å². The molecule has 12 heteroatoms. The molecule has 0 aliphatic heterocycles. The number of aliphatic carboxylic acids is 1. The Morgan fingerprint density at radius 2 is 1.29 bits per heavy atom. The summed E-state index contributed by atoms with van der Waals surface area (Å²) < 4.78 is 31.3. The molecule has 1 rings (SSSR count). The molecule has 0 heterocycles. The molecule has 0 spiro atoms. The maximum atomic E-state index is 12.5. The van der Waals surface area contributed by atoms with Crippen molar-refractivity contribution >= 4 is 24.4 Å². The fraction of sp³-hybridized carbons (Fsp3) is 0.655. The van der Waals surface area contributed by atoms with Crippen molar-refractivity contribution in [1.82, 2.24) is 5.32 Å². The standard InChI is InChI=1S/C29H45NO11/c1-18(2)12-14-36-25(33)38-22-11-10-21(16-23(22)39-26(34)37-15-13-19(3)4)17-29(24(31)32,30-20(5)6)41-27(35)40-28(7,8)9/h10-11,16,18-20,30H,12-15,17H2,1-9H3,(H,31,32)/t29-/m0/s1. The molecular formula is C29H45NO11. The molecule has 1 aromatic rings. The van der Waals surface area contributed by atoms with Crippen LogP contribution in [0.15, 0.2) is 18.2 Å². The third-order valence-electron chi connectivity index (χ3n) is 5.19. The number of carbonyl (C=O) groups is 4. The Balaban J connectivity index is 3.35. The van der Waals surface area contributed by atoms with Crippen LogP contribution in [-0.2, 0) is 30.2 Å². The number of hydrogen-bond acceptors (Lipinski definition) is 11. The summed E-state index contributed by atoms with van der Waals surface area (Å²) in [7, 11) is 0. The van der Waals surface area contributed by atoms with Crippen LogP contribution in [0.2, 0.25) is 0 Å². The average Bonchev–Trinajstić information content (AvgIpc) is 2.78. The summed E-state index contributed by atoms with van der Waals surface area (Å²) in [6, 6.07) is 3.61. The van der Waals surface area contributed by atoms with Gasteiger partial charge in [0.2, 0.25) is 0 Å². The molecule has 0 aliphatic carbocycles. The summed E-state index contributed by atoms with van der Waals surface area (Å²) in [5.41, 5.74) is -2.92. The van der Waals surface area contributed by atoms with E-state index in [1.165, 1.54) is 18.2 Å². The van der Waals surface area contributed by atoms with Crippen molar-refractivity contribution in [3.63, 3.8) is 0 Å². The van der Waals surface area contributed by atoms with Crippen LogP contribution in [0, 0.1) is 11.8 Å². The molecule has 0 aromatic heterocycles. The van der Waals surface area contributed by atoms with Crippen LogP contribution >= 0.6 is 0 Å². The molecule has 0 saturated heterocycles. The van der Waals surface area contributed by atoms with Crippen LogP contribution in [0.25, 0.3) is 0 Å². The van der Waals surface area contributed by atoms with Crippen molar-refractivity contribution in [1.29, 1.82) is 0 Å². The number of nitrogens with one attached hydrogen (secondary N) is 1. The molecule has 232 valence electrons. The minimum atomic E-state index is -2.25. The SMILES string of the molecule is CC(C)CCOC(=O)Oc1ccc(C[C@](NC(C)C)(OC(=O)OC(C)(C)C)C(=O)O)cc1OC(=O)OCCC(C)C. The molecule has 0 bridgehead atoms. The van der Waals surface area contributed by atoms with E-state index >= 15 is 0 Å². The van der Waals surface area contributed by atoms with Gasteiger partial charge in [0.05, 0.1) is 13.2 Å². The fourth-order valence-electron chi connectivity index (χ4n) is 3.29. The van der Waals surface area contributed by atoms with Crippen molar-refractivity contribution in [3.8, 4) is 11.5 Å². The first-order chi connectivity index (χ1) is 18.9. The Labute approximate surface area is 241 Å². The van der Waals surface area contributed by atoms with Gasteiger partial charge in [0.1, 0.15) is 5.60 Å². The van der Waals surface area contributed by atoms with E-state index in [0.717, 1.165) is 0 Å². The van der Waals surface area contributed by atoms with E-state index < -0.39 is 48.2 Å². The highest BCUT2D eigenvalue weighted by Crippen LogP contribution is 2.32. The number of carboxylic acids is 1. The average molecular weight is 584 g/mol. The molecular weight excluding hydrogens is 538 g/mol. The summed E-state index contributed by atoms with van der Waals surface area (Å²) >= 11 is 0. The largest absolute Gasteiger partial charge is 0.513 e. The van der Waals surface area contributed by atoms with Crippen LogP contribution in [0.3, 0.4) is 0 Å². The number of carbonyl (C=O) groups excluding carboxylic acids is 3. The third-order valence-corrected chi connectivity index (χ3v) is 5.19. The molecule has 0 fully saturated rings. The second kappa shape index (κ2) is 16.0.